The van der Waals surface area contributed by atoms with Gasteiger partial charge in [0, 0.05) is 24.8 Å². The molecule has 6 heteroatoms. The number of nitrogens with one attached hydrogen (secondary N) is 1. The molecule has 2 aromatic rings. The van der Waals surface area contributed by atoms with Crippen molar-refractivity contribution >= 4 is 17.7 Å². The van der Waals surface area contributed by atoms with E-state index in [0.717, 1.165) is 18.6 Å². The Kier molecular flexibility index (Phi) is 6.30. The molecular weight excluding hydrogens is 344 g/mol. The first kappa shape index (κ1) is 18.8. The van der Waals surface area contributed by atoms with Crippen LogP contribution in [0.25, 0.3) is 0 Å². The summed E-state index contributed by atoms with van der Waals surface area (Å²) in [5, 5.41) is 2.93. The third-order valence-electron chi connectivity index (χ3n) is 4.40. The van der Waals surface area contributed by atoms with Crippen LogP contribution in [0.1, 0.15) is 19.8 Å². The Balaban J connectivity index is 1.60. The van der Waals surface area contributed by atoms with E-state index in [1.807, 2.05) is 48.5 Å². The number of carbonyl (C=O) groups is 2. The van der Waals surface area contributed by atoms with Crippen LogP contribution < -0.4 is 10.1 Å². The van der Waals surface area contributed by atoms with Crippen LogP contribution in [0.4, 0.5) is 10.5 Å². The summed E-state index contributed by atoms with van der Waals surface area (Å²) in [5.41, 5.74) is 0.668. The average Bonchev–Trinajstić information content (AvgIpc) is 2.69. The van der Waals surface area contributed by atoms with Crippen LogP contribution in [0.5, 0.6) is 11.5 Å². The highest BCUT2D eigenvalue weighted by molar-refractivity contribution is 5.93. The Morgan fingerprint density at radius 3 is 2.67 bits per heavy atom. The second kappa shape index (κ2) is 9.07. The van der Waals surface area contributed by atoms with E-state index in [0.29, 0.717) is 31.1 Å². The summed E-state index contributed by atoms with van der Waals surface area (Å²) in [6.45, 7) is 3.12. The van der Waals surface area contributed by atoms with E-state index in [-0.39, 0.29) is 17.9 Å². The minimum atomic E-state index is -0.353. The van der Waals surface area contributed by atoms with Crippen LogP contribution >= 0.6 is 0 Å². The maximum Gasteiger partial charge on any atom is 0.409 e. The number of para-hydroxylation sites is 1. The minimum absolute atomic E-state index is 0.0964. The first-order chi connectivity index (χ1) is 13.2. The smallest absolute Gasteiger partial charge is 0.409 e. The van der Waals surface area contributed by atoms with Gasteiger partial charge in [0.1, 0.15) is 11.5 Å². The lowest BCUT2D eigenvalue weighted by atomic mass is 9.97. The van der Waals surface area contributed by atoms with Gasteiger partial charge < -0.3 is 19.7 Å². The number of nitrogens with zero attached hydrogens (tertiary/aromatic N) is 1. The van der Waals surface area contributed by atoms with Crippen molar-refractivity contribution in [1.29, 1.82) is 0 Å². The molecule has 6 nitrogen and oxygen atoms in total. The van der Waals surface area contributed by atoms with Crippen LogP contribution in [0.2, 0.25) is 0 Å². The van der Waals surface area contributed by atoms with Crippen molar-refractivity contribution in [2.45, 2.75) is 19.8 Å². The van der Waals surface area contributed by atoms with Crippen molar-refractivity contribution in [2.75, 3.05) is 25.0 Å². The molecule has 0 spiro atoms. The highest BCUT2D eigenvalue weighted by Crippen LogP contribution is 2.25. The maximum atomic E-state index is 12.6. The van der Waals surface area contributed by atoms with Crippen molar-refractivity contribution in [3.63, 3.8) is 0 Å². The Labute approximate surface area is 159 Å². The first-order valence-corrected chi connectivity index (χ1v) is 9.21. The van der Waals surface area contributed by atoms with Gasteiger partial charge in [-0.3, -0.25) is 4.79 Å². The Morgan fingerprint density at radius 1 is 1.11 bits per heavy atom. The van der Waals surface area contributed by atoms with E-state index in [2.05, 4.69) is 5.32 Å². The molecule has 1 heterocycles. The maximum absolute atomic E-state index is 12.6. The summed E-state index contributed by atoms with van der Waals surface area (Å²) in [7, 11) is 0. The number of amides is 2. The normalized spacial score (nSPS) is 16.5. The highest BCUT2D eigenvalue weighted by Gasteiger charge is 2.29. The van der Waals surface area contributed by atoms with E-state index >= 15 is 0 Å². The Morgan fingerprint density at radius 2 is 1.89 bits per heavy atom. The van der Waals surface area contributed by atoms with Gasteiger partial charge in [-0.1, -0.05) is 24.3 Å². The molecular formula is C21H24N2O4. The molecule has 1 N–H and O–H groups in total. The molecule has 2 aromatic carbocycles. The van der Waals surface area contributed by atoms with Crippen LogP contribution in [0, 0.1) is 5.92 Å². The molecule has 3 rings (SSSR count). The van der Waals surface area contributed by atoms with Crippen LogP contribution in [-0.2, 0) is 9.53 Å². The van der Waals surface area contributed by atoms with Crippen molar-refractivity contribution < 1.29 is 19.1 Å². The van der Waals surface area contributed by atoms with Crippen molar-refractivity contribution in [1.82, 2.24) is 4.90 Å². The monoisotopic (exact) mass is 368 g/mol. The Hall–Kier alpha value is -3.02. The zero-order valence-electron chi connectivity index (χ0n) is 15.4. The molecule has 2 amide bonds. The SMILES string of the molecule is CCOC(=O)N1CCCC(C(=O)Nc2cccc(Oc3ccccc3)c2)C1. The summed E-state index contributed by atoms with van der Waals surface area (Å²) in [6, 6.07) is 16.8. The quantitative estimate of drug-likeness (QED) is 0.855. The molecule has 27 heavy (non-hydrogen) atoms. The second-order valence-corrected chi connectivity index (χ2v) is 6.42. The molecule has 1 aliphatic heterocycles. The van der Waals surface area contributed by atoms with Crippen LogP contribution in [-0.4, -0.2) is 36.6 Å². The molecule has 1 unspecified atom stereocenters. The predicted octanol–water partition coefficient (Wildman–Crippen LogP) is 4.29. The number of likely N-dealkylation sites (tertiary alicyclic amines) is 1. The second-order valence-electron chi connectivity index (χ2n) is 6.42. The van der Waals surface area contributed by atoms with E-state index in [9.17, 15) is 9.59 Å². The number of benzene rings is 2. The molecule has 0 radical (unpaired) electrons. The molecule has 1 fully saturated rings. The summed E-state index contributed by atoms with van der Waals surface area (Å²) in [5.74, 6) is 1.04. The Bertz CT molecular complexity index is 779. The highest BCUT2D eigenvalue weighted by atomic mass is 16.6. The van der Waals surface area contributed by atoms with E-state index in [4.69, 9.17) is 9.47 Å². The van der Waals surface area contributed by atoms with Gasteiger partial charge in [0.05, 0.1) is 12.5 Å². The van der Waals surface area contributed by atoms with Gasteiger partial charge in [0.15, 0.2) is 0 Å². The fourth-order valence-electron chi connectivity index (χ4n) is 3.08. The molecule has 0 saturated carbocycles. The molecule has 1 atom stereocenters. The molecule has 142 valence electrons. The largest absolute Gasteiger partial charge is 0.457 e. The standard InChI is InChI=1S/C21H24N2O4/c1-2-26-21(25)23-13-7-8-16(15-23)20(24)22-17-9-6-12-19(14-17)27-18-10-4-3-5-11-18/h3-6,9-12,14,16H,2,7-8,13,15H2,1H3,(H,22,24). The summed E-state index contributed by atoms with van der Waals surface area (Å²) >= 11 is 0. The summed E-state index contributed by atoms with van der Waals surface area (Å²) in [6.07, 6.45) is 1.18. The van der Waals surface area contributed by atoms with Gasteiger partial charge in [-0.05, 0) is 44.0 Å². The summed E-state index contributed by atoms with van der Waals surface area (Å²) < 4.78 is 10.8. The average molecular weight is 368 g/mol. The van der Waals surface area contributed by atoms with Gasteiger partial charge in [0.25, 0.3) is 0 Å². The number of rotatable bonds is 5. The predicted molar refractivity (Wildman–Crippen MR) is 103 cm³/mol. The third-order valence-corrected chi connectivity index (χ3v) is 4.40. The van der Waals surface area contributed by atoms with Crippen molar-refractivity contribution in [3.8, 4) is 11.5 Å². The van der Waals surface area contributed by atoms with E-state index in [1.54, 1.807) is 17.9 Å². The third kappa shape index (κ3) is 5.23. The first-order valence-electron chi connectivity index (χ1n) is 9.21. The van der Waals surface area contributed by atoms with Crippen molar-refractivity contribution in [2.24, 2.45) is 5.92 Å². The number of piperidine rings is 1. The fourth-order valence-corrected chi connectivity index (χ4v) is 3.08. The summed E-state index contributed by atoms with van der Waals surface area (Å²) in [4.78, 5) is 26.1. The van der Waals surface area contributed by atoms with Gasteiger partial charge in [-0.15, -0.1) is 0 Å². The van der Waals surface area contributed by atoms with Gasteiger partial charge >= 0.3 is 6.09 Å². The van der Waals surface area contributed by atoms with Crippen LogP contribution in [0.15, 0.2) is 54.6 Å². The zero-order valence-corrected chi connectivity index (χ0v) is 15.4. The van der Waals surface area contributed by atoms with Crippen LogP contribution in [0.3, 0.4) is 0 Å². The van der Waals surface area contributed by atoms with Gasteiger partial charge in [-0.25, -0.2) is 4.79 Å². The number of anilines is 1. The lowest BCUT2D eigenvalue weighted by Crippen LogP contribution is -2.44. The fraction of sp³-hybridized carbons (Fsp3) is 0.333. The molecule has 1 aliphatic rings. The molecule has 0 aromatic heterocycles. The minimum Gasteiger partial charge on any atom is -0.457 e. The topological polar surface area (TPSA) is 67.9 Å². The van der Waals surface area contributed by atoms with E-state index in [1.165, 1.54) is 0 Å². The molecule has 0 aliphatic carbocycles. The van der Waals surface area contributed by atoms with Crippen molar-refractivity contribution in [3.05, 3.63) is 54.6 Å². The lowest BCUT2D eigenvalue weighted by molar-refractivity contribution is -0.121. The number of carbonyl (C=O) groups excluding carboxylic acids is 2. The number of hydrogen-bond donors (Lipinski definition) is 1. The number of ether oxygens (including phenoxy) is 2. The van der Waals surface area contributed by atoms with Gasteiger partial charge in [0.2, 0.25) is 5.91 Å². The number of hydrogen-bond acceptors (Lipinski definition) is 4. The van der Waals surface area contributed by atoms with E-state index < -0.39 is 0 Å². The lowest BCUT2D eigenvalue weighted by Gasteiger charge is -2.31. The van der Waals surface area contributed by atoms with Gasteiger partial charge in [-0.2, -0.15) is 0 Å². The molecule has 1 saturated heterocycles. The zero-order chi connectivity index (χ0) is 19.1. The molecule has 0 bridgehead atoms.